The Morgan fingerprint density at radius 1 is 1.29 bits per heavy atom. The number of benzene rings is 1. The summed E-state index contributed by atoms with van der Waals surface area (Å²) in [6.45, 7) is 0. The zero-order chi connectivity index (χ0) is 9.54. The van der Waals surface area contributed by atoms with Crippen molar-refractivity contribution in [1.29, 1.82) is 0 Å². The third kappa shape index (κ3) is 1.14. The van der Waals surface area contributed by atoms with Gasteiger partial charge in [0.05, 0.1) is 23.2 Å². The molecule has 1 aromatic rings. The molecule has 14 heavy (non-hydrogen) atoms. The van der Waals surface area contributed by atoms with Gasteiger partial charge in [-0.2, -0.15) is 0 Å². The summed E-state index contributed by atoms with van der Waals surface area (Å²) in [5, 5.41) is 8.46. The summed E-state index contributed by atoms with van der Waals surface area (Å²) < 4.78 is 11.3. The van der Waals surface area contributed by atoms with Crippen molar-refractivity contribution in [2.75, 3.05) is 16.4 Å². The molecule has 4 heteroatoms. The van der Waals surface area contributed by atoms with E-state index in [0.29, 0.717) is 5.75 Å². The molecule has 0 aliphatic carbocycles. The van der Waals surface area contributed by atoms with E-state index in [1.807, 2.05) is 24.3 Å². The summed E-state index contributed by atoms with van der Waals surface area (Å²) in [4.78, 5) is 0. The average Bonchev–Trinajstić information content (AvgIpc) is 2.53. The van der Waals surface area contributed by atoms with Gasteiger partial charge in [0, 0.05) is 21.9 Å². The lowest BCUT2D eigenvalue weighted by atomic mass is 10.1. The van der Waals surface area contributed by atoms with Crippen molar-refractivity contribution in [3.05, 3.63) is 35.4 Å². The van der Waals surface area contributed by atoms with E-state index in [4.69, 9.17) is 0 Å². The largest absolute Gasteiger partial charge is 0.374 e. The van der Waals surface area contributed by atoms with Crippen molar-refractivity contribution in [3.8, 4) is 0 Å². The zero-order valence-corrected chi connectivity index (χ0v) is 8.30. The van der Waals surface area contributed by atoms with Gasteiger partial charge in [-0.3, -0.25) is 4.21 Å². The molecule has 2 unspecified atom stereocenters. The van der Waals surface area contributed by atoms with E-state index in [1.54, 1.807) is 5.41 Å². The fraction of sp³-hybridized carbons (Fsp3) is 0.200. The molecular weight excluding hydrogens is 196 g/mol. The van der Waals surface area contributed by atoms with Crippen LogP contribution in [0.2, 0.25) is 0 Å². The number of hydrogen-bond acceptors (Lipinski definition) is 3. The molecule has 72 valence electrons. The quantitative estimate of drug-likeness (QED) is 0.676. The number of fused-ring (bicyclic) bond motifs is 2. The Bertz CT molecular complexity index is 442. The number of hydrogen-bond donors (Lipinski definition) is 2. The molecule has 0 amide bonds. The van der Waals surface area contributed by atoms with E-state index in [1.165, 1.54) is 0 Å². The minimum Gasteiger partial charge on any atom is -0.374 e. The van der Waals surface area contributed by atoms with Crippen molar-refractivity contribution >= 4 is 22.2 Å². The Morgan fingerprint density at radius 2 is 2.07 bits per heavy atom. The van der Waals surface area contributed by atoms with Crippen LogP contribution in [0.15, 0.2) is 35.4 Å². The van der Waals surface area contributed by atoms with Crippen LogP contribution in [0, 0.1) is 0 Å². The summed E-state index contributed by atoms with van der Waals surface area (Å²) >= 11 is 0. The number of para-hydroxylation sites is 2. The number of nitrogens with one attached hydrogen (secondary N) is 2. The van der Waals surface area contributed by atoms with Crippen molar-refractivity contribution < 1.29 is 4.21 Å². The Hall–Kier alpha value is -1.29. The van der Waals surface area contributed by atoms with Gasteiger partial charge in [-0.05, 0) is 12.1 Å². The van der Waals surface area contributed by atoms with Gasteiger partial charge in [-0.1, -0.05) is 12.1 Å². The minimum absolute atomic E-state index is 0.200. The van der Waals surface area contributed by atoms with E-state index in [2.05, 4.69) is 10.6 Å². The van der Waals surface area contributed by atoms with Crippen LogP contribution < -0.4 is 10.6 Å². The molecule has 2 atom stereocenters. The van der Waals surface area contributed by atoms with Crippen molar-refractivity contribution in [1.82, 2.24) is 0 Å². The first kappa shape index (κ1) is 8.05. The van der Waals surface area contributed by atoms with Crippen LogP contribution in [0.25, 0.3) is 0 Å². The lowest BCUT2D eigenvalue weighted by Gasteiger charge is -2.26. The molecule has 2 aliphatic heterocycles. The van der Waals surface area contributed by atoms with Crippen LogP contribution in [0.1, 0.15) is 0 Å². The van der Waals surface area contributed by atoms with Gasteiger partial charge in [0.2, 0.25) is 0 Å². The maximum atomic E-state index is 11.3. The van der Waals surface area contributed by atoms with E-state index in [-0.39, 0.29) is 6.04 Å². The van der Waals surface area contributed by atoms with Gasteiger partial charge in [0.1, 0.15) is 0 Å². The second-order valence-electron chi connectivity index (χ2n) is 3.49. The molecule has 2 aliphatic rings. The highest BCUT2D eigenvalue weighted by Crippen LogP contribution is 2.32. The molecular formula is C10H10N2OS. The predicted molar refractivity (Wildman–Crippen MR) is 58.6 cm³/mol. The standard InChI is InChI=1S/C10H10N2OS/c13-14-5-9-10(6-14)12-8-4-2-1-3-7(8)11-9/h1-5,10-12H,6H2. The minimum atomic E-state index is -0.818. The van der Waals surface area contributed by atoms with Gasteiger partial charge in [0.25, 0.3) is 0 Å². The van der Waals surface area contributed by atoms with Gasteiger partial charge < -0.3 is 10.6 Å². The maximum absolute atomic E-state index is 11.3. The third-order valence-corrected chi connectivity index (χ3v) is 3.68. The predicted octanol–water partition coefficient (Wildman–Crippen LogP) is 1.50. The second-order valence-corrected chi connectivity index (χ2v) is 4.82. The first-order chi connectivity index (χ1) is 6.83. The monoisotopic (exact) mass is 206 g/mol. The van der Waals surface area contributed by atoms with Crippen molar-refractivity contribution in [3.63, 3.8) is 0 Å². The summed E-state index contributed by atoms with van der Waals surface area (Å²) in [5.41, 5.74) is 3.20. The van der Waals surface area contributed by atoms with Crippen LogP contribution in [0.5, 0.6) is 0 Å². The Labute approximate surface area is 84.7 Å². The molecule has 0 saturated heterocycles. The van der Waals surface area contributed by atoms with Gasteiger partial charge in [-0.15, -0.1) is 0 Å². The normalized spacial score (nSPS) is 28.1. The molecule has 0 spiro atoms. The van der Waals surface area contributed by atoms with E-state index >= 15 is 0 Å². The molecule has 0 bridgehead atoms. The Balaban J connectivity index is 2.03. The molecule has 3 rings (SSSR count). The summed E-state index contributed by atoms with van der Waals surface area (Å²) in [7, 11) is -0.818. The maximum Gasteiger partial charge on any atom is 0.0788 e. The van der Waals surface area contributed by atoms with Crippen molar-refractivity contribution in [2.45, 2.75) is 6.04 Å². The number of rotatable bonds is 0. The Kier molecular flexibility index (Phi) is 1.64. The highest BCUT2D eigenvalue weighted by atomic mass is 32.2. The van der Waals surface area contributed by atoms with Crippen LogP contribution >= 0.6 is 0 Å². The molecule has 2 heterocycles. The molecule has 1 aromatic carbocycles. The molecule has 0 fully saturated rings. The SMILES string of the molecule is O=S1C=C2Nc3ccccc3NC2C1. The zero-order valence-electron chi connectivity index (χ0n) is 7.49. The average molecular weight is 206 g/mol. The number of anilines is 2. The Morgan fingerprint density at radius 3 is 2.93 bits per heavy atom. The van der Waals surface area contributed by atoms with Crippen LogP contribution in [0.3, 0.4) is 0 Å². The highest BCUT2D eigenvalue weighted by Gasteiger charge is 2.28. The fourth-order valence-electron chi connectivity index (χ4n) is 1.82. The topological polar surface area (TPSA) is 41.1 Å². The lowest BCUT2D eigenvalue weighted by molar-refractivity contribution is 0.688. The smallest absolute Gasteiger partial charge is 0.0788 e. The van der Waals surface area contributed by atoms with E-state index in [9.17, 15) is 4.21 Å². The molecule has 0 radical (unpaired) electrons. The summed E-state index contributed by atoms with van der Waals surface area (Å²) in [6, 6.07) is 8.22. The van der Waals surface area contributed by atoms with E-state index in [0.717, 1.165) is 17.1 Å². The molecule has 0 saturated carbocycles. The van der Waals surface area contributed by atoms with Crippen molar-refractivity contribution in [2.24, 2.45) is 0 Å². The van der Waals surface area contributed by atoms with Crippen LogP contribution in [-0.2, 0) is 10.8 Å². The second kappa shape index (κ2) is 2.85. The summed E-state index contributed by atoms with van der Waals surface area (Å²) in [5.74, 6) is 0.677. The first-order valence-electron chi connectivity index (χ1n) is 4.54. The van der Waals surface area contributed by atoms with Gasteiger partial charge >= 0.3 is 0 Å². The van der Waals surface area contributed by atoms with Crippen LogP contribution in [-0.4, -0.2) is 16.0 Å². The third-order valence-electron chi connectivity index (χ3n) is 2.50. The van der Waals surface area contributed by atoms with E-state index < -0.39 is 10.8 Å². The molecule has 3 nitrogen and oxygen atoms in total. The fourth-order valence-corrected chi connectivity index (χ4v) is 3.02. The van der Waals surface area contributed by atoms with Gasteiger partial charge in [0.15, 0.2) is 0 Å². The summed E-state index contributed by atoms with van der Waals surface area (Å²) in [6.07, 6.45) is 0. The van der Waals surface area contributed by atoms with Crippen LogP contribution in [0.4, 0.5) is 11.4 Å². The molecule has 0 aromatic heterocycles. The van der Waals surface area contributed by atoms with Gasteiger partial charge in [-0.25, -0.2) is 0 Å². The first-order valence-corrected chi connectivity index (χ1v) is 5.92. The molecule has 2 N–H and O–H groups in total. The lowest BCUT2D eigenvalue weighted by Crippen LogP contribution is -2.30. The highest BCUT2D eigenvalue weighted by molar-refractivity contribution is 7.88.